The van der Waals surface area contributed by atoms with Crippen LogP contribution in [0.1, 0.15) is 20.3 Å². The zero-order valence-electron chi connectivity index (χ0n) is 9.47. The molecule has 0 saturated carbocycles. The Kier molecular flexibility index (Phi) is 10.1. The lowest BCUT2D eigenvalue weighted by Crippen LogP contribution is -2.34. The summed E-state index contributed by atoms with van der Waals surface area (Å²) in [6, 6.07) is 0.188. The molecule has 5 heteroatoms. The van der Waals surface area contributed by atoms with E-state index in [9.17, 15) is 8.78 Å². The molecule has 1 N–H and O–H groups in total. The van der Waals surface area contributed by atoms with Gasteiger partial charge in [0.15, 0.2) is 0 Å². The zero-order valence-corrected chi connectivity index (χ0v) is 9.47. The normalized spacial score (nSPS) is 13.4. The highest BCUT2D eigenvalue weighted by Crippen LogP contribution is 1.97. The van der Waals surface area contributed by atoms with Gasteiger partial charge in [-0.1, -0.05) is 6.92 Å². The van der Waals surface area contributed by atoms with Gasteiger partial charge in [-0.05, 0) is 19.9 Å². The Balaban J connectivity index is 3.47. The molecule has 0 fully saturated rings. The van der Waals surface area contributed by atoms with E-state index in [1.54, 1.807) is 0 Å². The Labute approximate surface area is 90.1 Å². The molecule has 0 aliphatic rings. The van der Waals surface area contributed by atoms with Crippen molar-refractivity contribution in [1.29, 1.82) is 0 Å². The lowest BCUT2D eigenvalue weighted by atomic mass is 10.2. The summed E-state index contributed by atoms with van der Waals surface area (Å²) in [6.07, 6.45) is -1.69. The minimum atomic E-state index is -2.38. The van der Waals surface area contributed by atoms with Crippen molar-refractivity contribution in [3.63, 3.8) is 0 Å². The number of likely N-dealkylation sites (N-methyl/N-ethyl adjacent to an activating group) is 1. The first-order valence-corrected chi connectivity index (χ1v) is 5.37. The lowest BCUT2D eigenvalue weighted by Gasteiger charge is -2.17. The Hall–Kier alpha value is -0.260. The summed E-state index contributed by atoms with van der Waals surface area (Å²) in [5.41, 5.74) is 0. The molecule has 92 valence electrons. The number of alkyl halides is 2. The molecule has 15 heavy (non-hydrogen) atoms. The van der Waals surface area contributed by atoms with Crippen molar-refractivity contribution < 1.29 is 18.3 Å². The van der Waals surface area contributed by atoms with Crippen molar-refractivity contribution in [3.05, 3.63) is 0 Å². The summed E-state index contributed by atoms with van der Waals surface area (Å²) in [5, 5.41) is 3.21. The van der Waals surface area contributed by atoms with Crippen LogP contribution < -0.4 is 5.32 Å². The van der Waals surface area contributed by atoms with Crippen LogP contribution in [0.25, 0.3) is 0 Å². The fourth-order valence-corrected chi connectivity index (χ4v) is 1.19. The first-order chi connectivity index (χ1) is 7.20. The average Bonchev–Trinajstić information content (AvgIpc) is 2.20. The summed E-state index contributed by atoms with van der Waals surface area (Å²) in [4.78, 5) is 0. The van der Waals surface area contributed by atoms with Gasteiger partial charge in [0, 0.05) is 19.3 Å². The number of halogens is 2. The molecule has 1 unspecified atom stereocenters. The third-order valence-electron chi connectivity index (χ3n) is 1.87. The van der Waals surface area contributed by atoms with Gasteiger partial charge in [-0.3, -0.25) is 0 Å². The van der Waals surface area contributed by atoms with Crippen LogP contribution >= 0.6 is 0 Å². The maximum Gasteiger partial charge on any atom is 0.261 e. The molecule has 0 aromatic carbocycles. The van der Waals surface area contributed by atoms with Crippen LogP contribution in [0, 0.1) is 0 Å². The number of ether oxygens (including phenoxy) is 2. The standard InChI is InChI=1S/C10H21F2NO2/c1-3-13-9(7-14-4-2)5-6-15-8-10(11)12/h9-10,13H,3-8H2,1-2H3. The maximum atomic E-state index is 11.7. The van der Waals surface area contributed by atoms with Gasteiger partial charge >= 0.3 is 0 Å². The van der Waals surface area contributed by atoms with Gasteiger partial charge in [-0.15, -0.1) is 0 Å². The van der Waals surface area contributed by atoms with E-state index >= 15 is 0 Å². The SMILES string of the molecule is CCNC(CCOCC(F)F)COCC. The van der Waals surface area contributed by atoms with E-state index in [1.165, 1.54) is 0 Å². The van der Waals surface area contributed by atoms with Gasteiger partial charge in [0.1, 0.15) is 6.61 Å². The fourth-order valence-electron chi connectivity index (χ4n) is 1.19. The summed E-state index contributed by atoms with van der Waals surface area (Å²) in [7, 11) is 0. The predicted molar refractivity (Wildman–Crippen MR) is 55.4 cm³/mol. The number of rotatable bonds is 10. The molecule has 0 aromatic rings. The molecule has 0 spiro atoms. The predicted octanol–water partition coefficient (Wildman–Crippen LogP) is 1.67. The molecule has 0 saturated heterocycles. The minimum absolute atomic E-state index is 0.188. The molecule has 0 radical (unpaired) electrons. The molecule has 0 amide bonds. The Morgan fingerprint density at radius 3 is 2.40 bits per heavy atom. The molecular weight excluding hydrogens is 204 g/mol. The van der Waals surface area contributed by atoms with E-state index < -0.39 is 13.0 Å². The van der Waals surface area contributed by atoms with Gasteiger partial charge in [-0.2, -0.15) is 0 Å². The molecule has 0 aromatic heterocycles. The van der Waals surface area contributed by atoms with Crippen molar-refractivity contribution in [2.24, 2.45) is 0 Å². The number of hydrogen-bond donors (Lipinski definition) is 1. The van der Waals surface area contributed by atoms with Crippen molar-refractivity contribution in [2.75, 3.05) is 33.0 Å². The van der Waals surface area contributed by atoms with Crippen LogP contribution in [0.5, 0.6) is 0 Å². The Morgan fingerprint density at radius 2 is 1.87 bits per heavy atom. The third-order valence-corrected chi connectivity index (χ3v) is 1.87. The van der Waals surface area contributed by atoms with Gasteiger partial charge in [-0.25, -0.2) is 8.78 Å². The van der Waals surface area contributed by atoms with Crippen molar-refractivity contribution >= 4 is 0 Å². The zero-order chi connectivity index (χ0) is 11.5. The fraction of sp³-hybridized carbons (Fsp3) is 1.00. The highest BCUT2D eigenvalue weighted by atomic mass is 19.3. The van der Waals surface area contributed by atoms with Crippen LogP contribution in [0.4, 0.5) is 8.78 Å². The van der Waals surface area contributed by atoms with Gasteiger partial charge in [0.25, 0.3) is 6.43 Å². The summed E-state index contributed by atoms with van der Waals surface area (Å²) >= 11 is 0. The van der Waals surface area contributed by atoms with Crippen LogP contribution in [0.15, 0.2) is 0 Å². The van der Waals surface area contributed by atoms with Gasteiger partial charge in [0.2, 0.25) is 0 Å². The number of nitrogens with one attached hydrogen (secondary N) is 1. The third kappa shape index (κ3) is 10.0. The minimum Gasteiger partial charge on any atom is -0.380 e. The topological polar surface area (TPSA) is 30.5 Å². The molecular formula is C10H21F2NO2. The lowest BCUT2D eigenvalue weighted by molar-refractivity contribution is 0.0109. The smallest absolute Gasteiger partial charge is 0.261 e. The largest absolute Gasteiger partial charge is 0.380 e. The summed E-state index contributed by atoms with van der Waals surface area (Å²) in [5.74, 6) is 0. The van der Waals surface area contributed by atoms with E-state index in [0.717, 1.165) is 6.54 Å². The highest BCUT2D eigenvalue weighted by molar-refractivity contribution is 4.64. The molecule has 0 rings (SSSR count). The molecule has 0 heterocycles. The van der Waals surface area contributed by atoms with E-state index in [0.29, 0.717) is 26.2 Å². The Morgan fingerprint density at radius 1 is 1.13 bits per heavy atom. The molecule has 3 nitrogen and oxygen atoms in total. The van der Waals surface area contributed by atoms with Crippen molar-refractivity contribution in [3.8, 4) is 0 Å². The average molecular weight is 225 g/mol. The number of hydrogen-bond acceptors (Lipinski definition) is 3. The van der Waals surface area contributed by atoms with E-state index in [2.05, 4.69) is 5.32 Å². The first-order valence-electron chi connectivity index (χ1n) is 5.37. The first kappa shape index (κ1) is 14.7. The van der Waals surface area contributed by atoms with E-state index in [4.69, 9.17) is 9.47 Å². The van der Waals surface area contributed by atoms with E-state index in [-0.39, 0.29) is 6.04 Å². The van der Waals surface area contributed by atoms with Gasteiger partial charge < -0.3 is 14.8 Å². The molecule has 0 aliphatic heterocycles. The van der Waals surface area contributed by atoms with Crippen LogP contribution in [0.2, 0.25) is 0 Å². The van der Waals surface area contributed by atoms with Crippen molar-refractivity contribution in [2.45, 2.75) is 32.7 Å². The Bertz CT molecular complexity index is 137. The second-order valence-electron chi connectivity index (χ2n) is 3.17. The summed E-state index contributed by atoms with van der Waals surface area (Å²) in [6.45, 7) is 5.90. The van der Waals surface area contributed by atoms with Crippen LogP contribution in [-0.2, 0) is 9.47 Å². The van der Waals surface area contributed by atoms with Gasteiger partial charge in [0.05, 0.1) is 6.61 Å². The quantitative estimate of drug-likeness (QED) is 0.574. The molecule has 0 aliphatic carbocycles. The highest BCUT2D eigenvalue weighted by Gasteiger charge is 2.08. The second kappa shape index (κ2) is 10.3. The molecule has 0 bridgehead atoms. The van der Waals surface area contributed by atoms with E-state index in [1.807, 2.05) is 13.8 Å². The monoisotopic (exact) mass is 225 g/mol. The van der Waals surface area contributed by atoms with Crippen LogP contribution in [0.3, 0.4) is 0 Å². The van der Waals surface area contributed by atoms with Crippen molar-refractivity contribution in [1.82, 2.24) is 5.32 Å². The summed E-state index contributed by atoms with van der Waals surface area (Å²) < 4.78 is 33.6. The maximum absolute atomic E-state index is 11.7. The van der Waals surface area contributed by atoms with Crippen LogP contribution in [-0.4, -0.2) is 45.4 Å². The second-order valence-corrected chi connectivity index (χ2v) is 3.17. The molecule has 1 atom stereocenters.